The second-order valence-electron chi connectivity index (χ2n) is 6.70. The lowest BCUT2D eigenvalue weighted by Gasteiger charge is -2.29. The highest BCUT2D eigenvalue weighted by Gasteiger charge is 2.33. The van der Waals surface area contributed by atoms with Crippen molar-refractivity contribution in [3.63, 3.8) is 0 Å². The zero-order valence-corrected chi connectivity index (χ0v) is 16.8. The summed E-state index contributed by atoms with van der Waals surface area (Å²) in [6.45, 7) is 2.71. The van der Waals surface area contributed by atoms with Gasteiger partial charge in [0.15, 0.2) is 5.76 Å². The third-order valence-electron chi connectivity index (χ3n) is 4.75. The number of nitrogens with zero attached hydrogens (tertiary/aromatic N) is 1. The summed E-state index contributed by atoms with van der Waals surface area (Å²) in [5.41, 5.74) is 2.19. The lowest BCUT2D eigenvalue weighted by Crippen LogP contribution is -2.33. The Morgan fingerprint density at radius 2 is 2.07 bits per heavy atom. The van der Waals surface area contributed by atoms with Crippen molar-refractivity contribution in [2.24, 2.45) is 0 Å². The number of methoxy groups -OCH3 is 1. The Morgan fingerprint density at radius 1 is 1.21 bits per heavy atom. The Bertz CT molecular complexity index is 958. The summed E-state index contributed by atoms with van der Waals surface area (Å²) in [7, 11) is 1.69. The van der Waals surface area contributed by atoms with Crippen molar-refractivity contribution < 1.29 is 19.0 Å². The molecular formula is C21H19Cl2NO4. The van der Waals surface area contributed by atoms with E-state index < -0.39 is 0 Å². The highest BCUT2D eigenvalue weighted by molar-refractivity contribution is 6.42. The zero-order valence-electron chi connectivity index (χ0n) is 15.3. The first-order valence-electron chi connectivity index (χ1n) is 8.96. The van der Waals surface area contributed by atoms with Crippen LogP contribution in [0.25, 0.3) is 6.08 Å². The molecule has 2 heterocycles. The van der Waals surface area contributed by atoms with Gasteiger partial charge in [0.1, 0.15) is 18.2 Å². The van der Waals surface area contributed by atoms with Crippen molar-refractivity contribution in [3.05, 3.63) is 62.8 Å². The van der Waals surface area contributed by atoms with Gasteiger partial charge < -0.3 is 14.2 Å². The van der Waals surface area contributed by atoms with E-state index in [9.17, 15) is 4.79 Å². The van der Waals surface area contributed by atoms with Gasteiger partial charge in [0.05, 0.1) is 21.2 Å². The third-order valence-corrected chi connectivity index (χ3v) is 5.49. The minimum Gasteiger partial charge on any atom is -0.478 e. The molecule has 2 aromatic rings. The van der Waals surface area contributed by atoms with Crippen LogP contribution in [0.2, 0.25) is 10.0 Å². The van der Waals surface area contributed by atoms with Crippen LogP contribution in [-0.2, 0) is 11.3 Å². The summed E-state index contributed by atoms with van der Waals surface area (Å²) >= 11 is 12.0. The molecule has 28 heavy (non-hydrogen) atoms. The zero-order chi connectivity index (χ0) is 19.7. The number of Topliss-reactive ketones (excluding diaryl/α,β-unsaturated/α-hetero) is 1. The number of carbonyl (C=O) groups is 1. The number of hydrogen-bond acceptors (Lipinski definition) is 5. The smallest absolute Gasteiger partial charge is 0.231 e. The van der Waals surface area contributed by atoms with Gasteiger partial charge in [-0.3, -0.25) is 9.69 Å². The standard InChI is InChI=1S/C21H19Cl2NO4/c1-26-8-2-7-24-11-15-18(27-12-24)6-4-14-20(25)19(28-21(14)15)10-13-3-5-16(22)17(23)9-13/h3-6,9-10H,2,7-8,11-12H2,1H3/b19-10-. The number of rotatable bonds is 5. The maximum atomic E-state index is 12.8. The molecular weight excluding hydrogens is 401 g/mol. The number of ketones is 1. The van der Waals surface area contributed by atoms with E-state index in [2.05, 4.69) is 4.90 Å². The lowest BCUT2D eigenvalue weighted by molar-refractivity contribution is 0.0823. The van der Waals surface area contributed by atoms with Gasteiger partial charge in [-0.2, -0.15) is 0 Å². The van der Waals surface area contributed by atoms with E-state index >= 15 is 0 Å². The fourth-order valence-corrected chi connectivity index (χ4v) is 3.64. The molecule has 5 nitrogen and oxygen atoms in total. The van der Waals surface area contributed by atoms with Gasteiger partial charge in [-0.1, -0.05) is 29.3 Å². The summed E-state index contributed by atoms with van der Waals surface area (Å²) < 4.78 is 16.9. The van der Waals surface area contributed by atoms with Crippen molar-refractivity contribution in [1.82, 2.24) is 4.90 Å². The molecule has 2 aliphatic heterocycles. The van der Waals surface area contributed by atoms with Crippen molar-refractivity contribution in [2.45, 2.75) is 13.0 Å². The highest BCUT2D eigenvalue weighted by atomic mass is 35.5. The molecule has 7 heteroatoms. The quantitative estimate of drug-likeness (QED) is 0.514. The van der Waals surface area contributed by atoms with Crippen LogP contribution in [0.15, 0.2) is 36.1 Å². The van der Waals surface area contributed by atoms with Crippen LogP contribution in [0.3, 0.4) is 0 Å². The van der Waals surface area contributed by atoms with E-state index in [1.165, 1.54) is 0 Å². The molecule has 0 saturated heterocycles. The SMILES string of the molecule is COCCCN1COc2ccc3c(c2C1)O/C(=C\c1ccc(Cl)c(Cl)c1)C3=O. The van der Waals surface area contributed by atoms with E-state index in [0.29, 0.717) is 41.2 Å². The number of halogens is 2. The molecule has 0 aromatic heterocycles. The summed E-state index contributed by atoms with van der Waals surface area (Å²) in [6, 6.07) is 8.77. The first-order valence-corrected chi connectivity index (χ1v) is 9.71. The van der Waals surface area contributed by atoms with E-state index in [0.717, 1.165) is 29.8 Å². The molecule has 0 N–H and O–H groups in total. The van der Waals surface area contributed by atoms with Crippen LogP contribution in [-0.4, -0.2) is 37.7 Å². The first-order chi connectivity index (χ1) is 13.6. The van der Waals surface area contributed by atoms with E-state index in [4.69, 9.17) is 37.4 Å². The predicted octanol–water partition coefficient (Wildman–Crippen LogP) is 4.80. The number of ether oxygens (including phenoxy) is 3. The second kappa shape index (κ2) is 8.13. The molecule has 2 aliphatic rings. The Morgan fingerprint density at radius 3 is 2.86 bits per heavy atom. The fraction of sp³-hybridized carbons (Fsp3) is 0.286. The monoisotopic (exact) mass is 419 g/mol. The van der Waals surface area contributed by atoms with Gasteiger partial charge >= 0.3 is 0 Å². The number of benzene rings is 2. The number of carbonyl (C=O) groups excluding carboxylic acids is 1. The Kier molecular flexibility index (Phi) is 5.60. The van der Waals surface area contributed by atoms with Gasteiger partial charge in [-0.05, 0) is 42.3 Å². The predicted molar refractivity (Wildman–Crippen MR) is 108 cm³/mol. The molecule has 0 unspecified atom stereocenters. The average Bonchev–Trinajstić information content (AvgIpc) is 3.01. The van der Waals surface area contributed by atoms with Gasteiger partial charge in [0.25, 0.3) is 0 Å². The summed E-state index contributed by atoms with van der Waals surface area (Å²) in [5, 5.41) is 0.891. The van der Waals surface area contributed by atoms with E-state index in [-0.39, 0.29) is 11.5 Å². The average molecular weight is 420 g/mol. The fourth-order valence-electron chi connectivity index (χ4n) is 3.33. The van der Waals surface area contributed by atoms with E-state index in [1.807, 2.05) is 6.07 Å². The minimum absolute atomic E-state index is 0.152. The second-order valence-corrected chi connectivity index (χ2v) is 7.52. The Hall–Kier alpha value is -2.05. The normalized spacial score (nSPS) is 17.2. The molecule has 0 bridgehead atoms. The van der Waals surface area contributed by atoms with Crippen molar-refractivity contribution in [1.29, 1.82) is 0 Å². The van der Waals surface area contributed by atoms with Crippen molar-refractivity contribution in [3.8, 4) is 11.5 Å². The number of hydrogen-bond donors (Lipinski definition) is 0. The molecule has 0 saturated carbocycles. The van der Waals surface area contributed by atoms with Gasteiger partial charge in [-0.25, -0.2) is 0 Å². The molecule has 0 radical (unpaired) electrons. The van der Waals surface area contributed by atoms with Crippen LogP contribution < -0.4 is 9.47 Å². The highest BCUT2D eigenvalue weighted by Crippen LogP contribution is 2.42. The van der Waals surface area contributed by atoms with Crippen LogP contribution in [0.5, 0.6) is 11.5 Å². The van der Waals surface area contributed by atoms with Crippen molar-refractivity contribution in [2.75, 3.05) is 27.0 Å². The lowest BCUT2D eigenvalue weighted by atomic mass is 10.0. The maximum Gasteiger partial charge on any atom is 0.231 e. The topological polar surface area (TPSA) is 48.0 Å². The van der Waals surface area contributed by atoms with Gasteiger partial charge in [-0.15, -0.1) is 0 Å². The minimum atomic E-state index is -0.152. The largest absolute Gasteiger partial charge is 0.478 e. The summed E-state index contributed by atoms with van der Waals surface area (Å²) in [4.78, 5) is 15.0. The van der Waals surface area contributed by atoms with Crippen LogP contribution in [0, 0.1) is 0 Å². The molecule has 2 aromatic carbocycles. The van der Waals surface area contributed by atoms with Crippen LogP contribution >= 0.6 is 23.2 Å². The van der Waals surface area contributed by atoms with Gasteiger partial charge in [0, 0.05) is 26.8 Å². The van der Waals surface area contributed by atoms with Crippen LogP contribution in [0.1, 0.15) is 27.9 Å². The summed E-state index contributed by atoms with van der Waals surface area (Å²) in [5.74, 6) is 1.44. The van der Waals surface area contributed by atoms with Crippen LogP contribution in [0.4, 0.5) is 0 Å². The molecule has 0 amide bonds. The Balaban J connectivity index is 1.60. The molecule has 0 spiro atoms. The molecule has 0 atom stereocenters. The molecule has 146 valence electrons. The summed E-state index contributed by atoms with van der Waals surface area (Å²) in [6.07, 6.45) is 2.59. The van der Waals surface area contributed by atoms with Crippen molar-refractivity contribution >= 4 is 35.1 Å². The van der Waals surface area contributed by atoms with Gasteiger partial charge in [0.2, 0.25) is 5.78 Å². The maximum absolute atomic E-state index is 12.8. The molecule has 0 aliphatic carbocycles. The molecule has 0 fully saturated rings. The Labute approximate surface area is 173 Å². The number of fused-ring (bicyclic) bond motifs is 3. The van der Waals surface area contributed by atoms with E-state index in [1.54, 1.807) is 37.5 Å². The molecule has 4 rings (SSSR count). The first kappa shape index (κ1) is 19.3. The number of allylic oxidation sites excluding steroid dienone is 1. The third kappa shape index (κ3) is 3.76.